The standard InChI is InChI=1S/C22H29N3OS/c1-3-27-22-19(24-23)14-15-20(21(22)26-2)25(18-12-8-5-9-13-18)16-17-10-6-4-7-11-17/h4,6-7,10-11,14-15,18,22H,3,5,8-9,12-13,16H2,1-2H3. The smallest absolute Gasteiger partial charge is 0.312 e. The molecule has 0 aromatic heterocycles. The fourth-order valence-corrected chi connectivity index (χ4v) is 5.05. The van der Waals surface area contributed by atoms with E-state index in [9.17, 15) is 5.53 Å². The molecular formula is C22H29N3OS. The van der Waals surface area contributed by atoms with Crippen molar-refractivity contribution in [3.63, 3.8) is 0 Å². The van der Waals surface area contributed by atoms with Crippen LogP contribution in [-0.2, 0) is 11.3 Å². The molecule has 0 spiro atoms. The molecule has 3 rings (SSSR count). The molecule has 144 valence electrons. The average molecular weight is 384 g/mol. The summed E-state index contributed by atoms with van der Waals surface area (Å²) in [5.41, 5.74) is 12.5. The van der Waals surface area contributed by atoms with Gasteiger partial charge in [0.05, 0.1) is 12.8 Å². The Morgan fingerprint density at radius 3 is 2.52 bits per heavy atom. The minimum atomic E-state index is -0.0631. The van der Waals surface area contributed by atoms with Crippen LogP contribution in [0.1, 0.15) is 44.6 Å². The zero-order valence-corrected chi connectivity index (χ0v) is 17.1. The average Bonchev–Trinajstić information content (AvgIpc) is 2.73. The lowest BCUT2D eigenvalue weighted by Gasteiger charge is -2.39. The van der Waals surface area contributed by atoms with Crippen LogP contribution in [0.3, 0.4) is 0 Å². The van der Waals surface area contributed by atoms with Gasteiger partial charge in [-0.15, -0.1) is 11.8 Å². The van der Waals surface area contributed by atoms with Gasteiger partial charge in [0.25, 0.3) is 0 Å². The third kappa shape index (κ3) is 4.66. The lowest BCUT2D eigenvalue weighted by molar-refractivity contribution is -0.00635. The quantitative estimate of drug-likeness (QED) is 0.489. The molecule has 0 heterocycles. The second kappa shape index (κ2) is 9.82. The first-order valence-electron chi connectivity index (χ1n) is 9.88. The SMILES string of the molecule is CCSC1C(=[N+]=[N-])C=CC(N(Cc2ccccc2)C2CCCCC2)=C1OC. The highest BCUT2D eigenvalue weighted by atomic mass is 32.2. The van der Waals surface area contributed by atoms with Gasteiger partial charge in [0.1, 0.15) is 5.76 Å². The number of nitrogens with zero attached hydrogens (tertiary/aromatic N) is 3. The number of ether oxygens (including phenoxy) is 1. The Hall–Kier alpha value is -1.97. The van der Waals surface area contributed by atoms with E-state index >= 15 is 0 Å². The predicted molar refractivity (Wildman–Crippen MR) is 113 cm³/mol. The van der Waals surface area contributed by atoms with Crippen LogP contribution >= 0.6 is 11.8 Å². The van der Waals surface area contributed by atoms with E-state index in [1.165, 1.54) is 37.7 Å². The van der Waals surface area contributed by atoms with Crippen LogP contribution in [0.25, 0.3) is 5.53 Å². The van der Waals surface area contributed by atoms with E-state index in [-0.39, 0.29) is 5.25 Å². The number of benzene rings is 1. The van der Waals surface area contributed by atoms with Gasteiger partial charge in [-0.2, -0.15) is 4.79 Å². The first kappa shape index (κ1) is 19.8. The van der Waals surface area contributed by atoms with Crippen molar-refractivity contribution >= 4 is 17.5 Å². The number of thioether (sulfide) groups is 1. The molecule has 1 saturated carbocycles. The molecule has 2 aliphatic carbocycles. The maximum atomic E-state index is 9.44. The molecule has 2 aliphatic rings. The molecule has 1 unspecified atom stereocenters. The second-order valence-corrected chi connectivity index (χ2v) is 8.43. The summed E-state index contributed by atoms with van der Waals surface area (Å²) in [4.78, 5) is 6.03. The summed E-state index contributed by atoms with van der Waals surface area (Å²) in [6, 6.07) is 11.2. The highest BCUT2D eigenvalue weighted by molar-refractivity contribution is 8.00. The van der Waals surface area contributed by atoms with Crippen LogP contribution in [-0.4, -0.2) is 39.6 Å². The van der Waals surface area contributed by atoms with Crippen molar-refractivity contribution in [2.75, 3.05) is 12.9 Å². The molecule has 0 saturated heterocycles. The van der Waals surface area contributed by atoms with Gasteiger partial charge in [0, 0.05) is 18.7 Å². The molecule has 1 fully saturated rings. The lowest BCUT2D eigenvalue weighted by Crippen LogP contribution is -2.39. The van der Waals surface area contributed by atoms with Gasteiger partial charge in [-0.05, 0) is 30.2 Å². The van der Waals surface area contributed by atoms with Crippen LogP contribution in [0.4, 0.5) is 0 Å². The molecule has 0 amide bonds. The monoisotopic (exact) mass is 383 g/mol. The van der Waals surface area contributed by atoms with Crippen LogP contribution in [0, 0.1) is 0 Å². The molecule has 1 aromatic carbocycles. The summed E-state index contributed by atoms with van der Waals surface area (Å²) in [6.07, 6.45) is 10.3. The Bertz CT molecular complexity index is 731. The molecular weight excluding hydrogens is 354 g/mol. The largest absolute Gasteiger partial charge is 0.497 e. The molecule has 0 aliphatic heterocycles. The first-order valence-corrected chi connectivity index (χ1v) is 10.9. The van der Waals surface area contributed by atoms with Gasteiger partial charge in [-0.25, -0.2) is 0 Å². The van der Waals surface area contributed by atoms with Crippen molar-refractivity contribution < 1.29 is 9.53 Å². The molecule has 1 atom stereocenters. The molecule has 1 aromatic rings. The summed E-state index contributed by atoms with van der Waals surface area (Å²) in [5, 5.41) is -0.0631. The number of methoxy groups -OCH3 is 1. The number of hydrogen-bond donors (Lipinski definition) is 0. The molecule has 5 heteroatoms. The van der Waals surface area contributed by atoms with E-state index in [4.69, 9.17) is 4.74 Å². The molecule has 4 nitrogen and oxygen atoms in total. The normalized spacial score (nSPS) is 20.5. The van der Waals surface area contributed by atoms with E-state index in [1.807, 2.05) is 6.08 Å². The van der Waals surface area contributed by atoms with Crippen LogP contribution in [0.15, 0.2) is 53.9 Å². The maximum Gasteiger partial charge on any atom is 0.312 e. The van der Waals surface area contributed by atoms with Crippen LogP contribution in [0.5, 0.6) is 0 Å². The van der Waals surface area contributed by atoms with Crippen LogP contribution < -0.4 is 0 Å². The first-order chi connectivity index (χ1) is 13.3. The summed E-state index contributed by atoms with van der Waals surface area (Å²) >= 11 is 1.74. The van der Waals surface area contributed by atoms with Crippen molar-refractivity contribution in [1.82, 2.24) is 4.90 Å². The van der Waals surface area contributed by atoms with Gasteiger partial charge in [-0.1, -0.05) is 56.5 Å². The zero-order valence-electron chi connectivity index (χ0n) is 16.3. The Morgan fingerprint density at radius 1 is 1.15 bits per heavy atom. The van der Waals surface area contributed by atoms with Crippen molar-refractivity contribution in [2.45, 2.75) is 56.9 Å². The van der Waals surface area contributed by atoms with E-state index in [0.717, 1.165) is 23.8 Å². The lowest BCUT2D eigenvalue weighted by atomic mass is 9.92. The van der Waals surface area contributed by atoms with E-state index < -0.39 is 0 Å². The second-order valence-electron chi connectivity index (χ2n) is 7.05. The molecule has 0 N–H and O–H groups in total. The third-order valence-electron chi connectivity index (χ3n) is 5.36. The van der Waals surface area contributed by atoms with E-state index in [0.29, 0.717) is 11.8 Å². The summed E-state index contributed by atoms with van der Waals surface area (Å²) in [7, 11) is 1.73. The Balaban J connectivity index is 2.00. The fourth-order valence-electron chi connectivity index (χ4n) is 4.05. The van der Waals surface area contributed by atoms with E-state index in [2.05, 4.69) is 53.0 Å². The Labute approximate surface area is 166 Å². The number of rotatable bonds is 7. The molecule has 0 radical (unpaired) electrons. The summed E-state index contributed by atoms with van der Waals surface area (Å²) in [6.45, 7) is 2.99. The van der Waals surface area contributed by atoms with Crippen molar-refractivity contribution in [3.8, 4) is 0 Å². The van der Waals surface area contributed by atoms with Gasteiger partial charge in [0.2, 0.25) is 0 Å². The zero-order chi connectivity index (χ0) is 19.1. The predicted octanol–water partition coefficient (Wildman–Crippen LogP) is 5.04. The molecule has 27 heavy (non-hydrogen) atoms. The maximum absolute atomic E-state index is 9.44. The summed E-state index contributed by atoms with van der Waals surface area (Å²) in [5.74, 6) is 1.83. The van der Waals surface area contributed by atoms with Crippen LogP contribution in [0.2, 0.25) is 0 Å². The van der Waals surface area contributed by atoms with Gasteiger partial charge >= 0.3 is 5.71 Å². The molecule has 0 bridgehead atoms. The Kier molecular flexibility index (Phi) is 7.19. The third-order valence-corrected chi connectivity index (χ3v) is 6.48. The van der Waals surface area contributed by atoms with Crippen molar-refractivity contribution in [1.29, 1.82) is 0 Å². The Morgan fingerprint density at radius 2 is 1.89 bits per heavy atom. The van der Waals surface area contributed by atoms with Crippen molar-refractivity contribution in [2.24, 2.45) is 0 Å². The number of allylic oxidation sites excluding steroid dienone is 2. The highest BCUT2D eigenvalue weighted by Gasteiger charge is 2.35. The van der Waals surface area contributed by atoms with Gasteiger partial charge < -0.3 is 15.2 Å². The van der Waals surface area contributed by atoms with Gasteiger partial charge in [-0.3, -0.25) is 0 Å². The van der Waals surface area contributed by atoms with Crippen molar-refractivity contribution in [3.05, 3.63) is 65.0 Å². The minimum Gasteiger partial charge on any atom is -0.497 e. The van der Waals surface area contributed by atoms with E-state index in [1.54, 1.807) is 18.9 Å². The fraction of sp³-hybridized carbons (Fsp3) is 0.500. The highest BCUT2D eigenvalue weighted by Crippen LogP contribution is 2.34. The van der Waals surface area contributed by atoms with Gasteiger partial charge in [0.15, 0.2) is 5.25 Å². The summed E-state index contributed by atoms with van der Waals surface area (Å²) < 4.78 is 5.88. The number of hydrogen-bond acceptors (Lipinski definition) is 3. The minimum absolute atomic E-state index is 0.0631. The topological polar surface area (TPSA) is 48.9 Å².